The van der Waals surface area contributed by atoms with Gasteiger partial charge in [-0.3, -0.25) is 19.5 Å². The summed E-state index contributed by atoms with van der Waals surface area (Å²) in [5.74, 6) is 0.218. The zero-order chi connectivity index (χ0) is 21.8. The maximum absolute atomic E-state index is 13.5. The number of hydrogen-bond donors (Lipinski definition) is 2. The quantitative estimate of drug-likeness (QED) is 0.726. The van der Waals surface area contributed by atoms with Crippen molar-refractivity contribution < 1.29 is 9.90 Å². The molecule has 7 nitrogen and oxygen atoms in total. The Morgan fingerprint density at radius 1 is 1.12 bits per heavy atom. The van der Waals surface area contributed by atoms with Crippen molar-refractivity contribution in [2.45, 2.75) is 56.8 Å². The first kappa shape index (κ1) is 20.1. The number of amides is 1. The van der Waals surface area contributed by atoms with Crippen LogP contribution in [0.4, 0.5) is 0 Å². The minimum Gasteiger partial charge on any atom is -0.396 e. The Kier molecular flexibility index (Phi) is 4.91. The van der Waals surface area contributed by atoms with Crippen molar-refractivity contribution in [2.75, 3.05) is 13.2 Å². The first-order valence-corrected chi connectivity index (χ1v) is 12.0. The third kappa shape index (κ3) is 3.21. The molecule has 2 aromatic heterocycles. The summed E-state index contributed by atoms with van der Waals surface area (Å²) in [4.78, 5) is 33.5. The molecule has 0 radical (unpaired) electrons. The fraction of sp³-hybridized carbons (Fsp3) is 0.560. The number of rotatable bonds is 6. The summed E-state index contributed by atoms with van der Waals surface area (Å²) in [6, 6.07) is 7.73. The van der Waals surface area contributed by atoms with Gasteiger partial charge in [-0.2, -0.15) is 0 Å². The van der Waals surface area contributed by atoms with Crippen molar-refractivity contribution in [3.05, 3.63) is 52.7 Å². The number of carbonyl (C=O) groups excluding carboxylic acids is 1. The molecule has 168 valence electrons. The number of nitrogens with zero attached hydrogens (tertiary/aromatic N) is 3. The lowest BCUT2D eigenvalue weighted by Gasteiger charge is -2.38. The van der Waals surface area contributed by atoms with Crippen molar-refractivity contribution >= 4 is 5.91 Å². The standard InChI is InChI=1S/C25H30N4O3/c30-14-19-21-13-29-20(7-6-18(25(29)32)16-8-10-26-11-9-16)23(28(21)12-15-4-5-15)22(19)24(31)27-17-2-1-3-17/h6-11,15,17,19,21-23,30H,1-5,12-14H2,(H,27,31)/t19-,21-,22+,23+/m1/s1. The van der Waals surface area contributed by atoms with E-state index in [1.54, 1.807) is 12.4 Å². The molecule has 4 heterocycles. The van der Waals surface area contributed by atoms with Crippen molar-refractivity contribution in [3.8, 4) is 11.1 Å². The molecular formula is C25H30N4O3. The Labute approximate surface area is 187 Å². The molecule has 2 aliphatic heterocycles. The van der Waals surface area contributed by atoms with Crippen LogP contribution < -0.4 is 10.9 Å². The van der Waals surface area contributed by atoms with Crippen molar-refractivity contribution in [1.82, 2.24) is 19.8 Å². The summed E-state index contributed by atoms with van der Waals surface area (Å²) in [6.45, 7) is 1.43. The van der Waals surface area contributed by atoms with E-state index in [1.807, 2.05) is 28.8 Å². The SMILES string of the molecule is O=C(NC1CCC1)[C@H]1[C@H](CO)[C@H]2Cn3c(ccc(-c4ccncc4)c3=O)[C@@H]1N2CC1CC1. The fourth-order valence-corrected chi connectivity index (χ4v) is 5.97. The minimum atomic E-state index is -0.329. The number of nitrogens with one attached hydrogen (secondary N) is 1. The van der Waals surface area contributed by atoms with Crippen LogP contribution in [0.5, 0.6) is 0 Å². The van der Waals surface area contributed by atoms with Crippen LogP contribution >= 0.6 is 0 Å². The number of carbonyl (C=O) groups is 1. The van der Waals surface area contributed by atoms with Crippen LogP contribution in [0.25, 0.3) is 11.1 Å². The maximum Gasteiger partial charge on any atom is 0.258 e. The summed E-state index contributed by atoms with van der Waals surface area (Å²) in [7, 11) is 0. The highest BCUT2D eigenvalue weighted by Gasteiger charge is 2.56. The van der Waals surface area contributed by atoms with E-state index >= 15 is 0 Å². The molecule has 6 rings (SSSR count). The summed E-state index contributed by atoms with van der Waals surface area (Å²) in [6.07, 6.45) is 9.08. The summed E-state index contributed by atoms with van der Waals surface area (Å²) < 4.78 is 1.87. The van der Waals surface area contributed by atoms with Gasteiger partial charge in [-0.1, -0.05) is 0 Å². The Bertz CT molecular complexity index is 1080. The molecule has 4 aliphatic rings. The highest BCUT2D eigenvalue weighted by molar-refractivity contribution is 5.81. The number of fused-ring (bicyclic) bond motifs is 4. The zero-order valence-electron chi connectivity index (χ0n) is 18.2. The zero-order valence-corrected chi connectivity index (χ0v) is 18.2. The second kappa shape index (κ2) is 7.81. The van der Waals surface area contributed by atoms with E-state index in [1.165, 1.54) is 12.8 Å². The highest BCUT2D eigenvalue weighted by atomic mass is 16.3. The first-order chi connectivity index (χ1) is 15.7. The predicted octanol–water partition coefficient (Wildman–Crippen LogP) is 1.95. The molecule has 0 aromatic carbocycles. The first-order valence-electron chi connectivity index (χ1n) is 12.0. The Morgan fingerprint density at radius 3 is 2.56 bits per heavy atom. The van der Waals surface area contributed by atoms with Gasteiger partial charge in [0.05, 0.1) is 12.0 Å². The molecule has 32 heavy (non-hydrogen) atoms. The average Bonchev–Trinajstić information content (AvgIpc) is 3.56. The van der Waals surface area contributed by atoms with Gasteiger partial charge in [0, 0.05) is 61.3 Å². The van der Waals surface area contributed by atoms with Gasteiger partial charge >= 0.3 is 0 Å². The molecule has 7 heteroatoms. The Hall–Kier alpha value is -2.51. The van der Waals surface area contributed by atoms with Gasteiger partial charge in [-0.05, 0) is 67.9 Å². The van der Waals surface area contributed by atoms with Gasteiger partial charge in [-0.15, -0.1) is 0 Å². The lowest BCUT2D eigenvalue weighted by atomic mass is 9.85. The number of pyridine rings is 2. The second-order valence-electron chi connectivity index (χ2n) is 9.98. The number of aromatic nitrogens is 2. The third-order valence-electron chi connectivity index (χ3n) is 8.08. The number of aliphatic hydroxyl groups is 1. The van der Waals surface area contributed by atoms with Crippen molar-refractivity contribution in [1.29, 1.82) is 0 Å². The van der Waals surface area contributed by atoms with Crippen LogP contribution in [-0.2, 0) is 11.3 Å². The lowest BCUT2D eigenvalue weighted by Crippen LogP contribution is -2.47. The molecule has 1 saturated heterocycles. The molecule has 0 unspecified atom stereocenters. The van der Waals surface area contributed by atoms with E-state index in [4.69, 9.17) is 0 Å². The van der Waals surface area contributed by atoms with Crippen molar-refractivity contribution in [3.63, 3.8) is 0 Å². The molecule has 2 aliphatic carbocycles. The molecule has 4 atom stereocenters. The molecule has 2 aromatic rings. The largest absolute Gasteiger partial charge is 0.396 e. The summed E-state index contributed by atoms with van der Waals surface area (Å²) in [5.41, 5.74) is 2.40. The van der Waals surface area contributed by atoms with E-state index in [2.05, 4.69) is 15.2 Å². The fourth-order valence-electron chi connectivity index (χ4n) is 5.97. The Balaban J connectivity index is 1.42. The number of hydrogen-bond acceptors (Lipinski definition) is 5. The molecule has 2 N–H and O–H groups in total. The summed E-state index contributed by atoms with van der Waals surface area (Å²) >= 11 is 0. The molecular weight excluding hydrogens is 404 g/mol. The normalized spacial score (nSPS) is 29.4. The maximum atomic E-state index is 13.5. The van der Waals surface area contributed by atoms with E-state index in [0.29, 0.717) is 18.0 Å². The van der Waals surface area contributed by atoms with Gasteiger partial charge in [-0.25, -0.2) is 0 Å². The van der Waals surface area contributed by atoms with Crippen molar-refractivity contribution in [2.24, 2.45) is 17.8 Å². The van der Waals surface area contributed by atoms with Crippen LogP contribution in [-0.4, -0.2) is 50.7 Å². The van der Waals surface area contributed by atoms with Crippen LogP contribution in [0.1, 0.15) is 43.8 Å². The van der Waals surface area contributed by atoms with Crippen LogP contribution in [0.15, 0.2) is 41.5 Å². The smallest absolute Gasteiger partial charge is 0.258 e. The van der Waals surface area contributed by atoms with Gasteiger partial charge in [0.25, 0.3) is 5.56 Å². The van der Waals surface area contributed by atoms with E-state index in [0.717, 1.165) is 37.1 Å². The van der Waals surface area contributed by atoms with Crippen LogP contribution in [0.2, 0.25) is 0 Å². The molecule has 0 spiro atoms. The molecule has 3 fully saturated rings. The third-order valence-corrected chi connectivity index (χ3v) is 8.08. The van der Waals surface area contributed by atoms with Gasteiger partial charge < -0.3 is 15.0 Å². The van der Waals surface area contributed by atoms with Crippen LogP contribution in [0, 0.1) is 17.8 Å². The van der Waals surface area contributed by atoms with Gasteiger partial charge in [0.15, 0.2) is 0 Å². The number of aliphatic hydroxyl groups excluding tert-OH is 1. The monoisotopic (exact) mass is 434 g/mol. The lowest BCUT2D eigenvalue weighted by molar-refractivity contribution is -0.128. The topological polar surface area (TPSA) is 87.5 Å². The predicted molar refractivity (Wildman–Crippen MR) is 120 cm³/mol. The van der Waals surface area contributed by atoms with Gasteiger partial charge in [0.2, 0.25) is 5.91 Å². The van der Waals surface area contributed by atoms with E-state index in [9.17, 15) is 14.7 Å². The average molecular weight is 435 g/mol. The molecule has 1 amide bonds. The Morgan fingerprint density at radius 2 is 1.91 bits per heavy atom. The van der Waals surface area contributed by atoms with E-state index in [-0.39, 0.29) is 48.0 Å². The molecule has 2 saturated carbocycles. The van der Waals surface area contributed by atoms with Gasteiger partial charge in [0.1, 0.15) is 0 Å². The van der Waals surface area contributed by atoms with E-state index < -0.39 is 0 Å². The minimum absolute atomic E-state index is 0.000584. The van der Waals surface area contributed by atoms with Crippen LogP contribution in [0.3, 0.4) is 0 Å². The summed E-state index contributed by atoms with van der Waals surface area (Å²) in [5, 5.41) is 13.6. The highest BCUT2D eigenvalue weighted by Crippen LogP contribution is 2.50. The molecule has 2 bridgehead atoms. The second-order valence-corrected chi connectivity index (χ2v) is 9.98.